The summed E-state index contributed by atoms with van der Waals surface area (Å²) in [6.45, 7) is 5.78. The number of likely N-dealkylation sites (tertiary alicyclic amines) is 1. The number of halogens is 4. The fourth-order valence-electron chi connectivity index (χ4n) is 4.11. The molecule has 3 N–H and O–H groups in total. The number of carbonyl (C=O) groups is 2. The minimum atomic E-state index is -3.10. The van der Waals surface area contributed by atoms with E-state index < -0.39 is 60.4 Å². The number of hydrogen-bond donors (Lipinski definition) is 3. The molecule has 38 heavy (non-hydrogen) atoms. The van der Waals surface area contributed by atoms with Crippen LogP contribution >= 0.6 is 11.3 Å². The average molecular weight is 558 g/mol. The Morgan fingerprint density at radius 1 is 1.32 bits per heavy atom. The zero-order chi connectivity index (χ0) is 28.0. The van der Waals surface area contributed by atoms with Gasteiger partial charge in [-0.1, -0.05) is 0 Å². The van der Waals surface area contributed by atoms with Crippen LogP contribution in [-0.2, 0) is 0 Å². The summed E-state index contributed by atoms with van der Waals surface area (Å²) in [5.74, 6) is -3.99. The summed E-state index contributed by atoms with van der Waals surface area (Å²) in [4.78, 5) is 35.6. The van der Waals surface area contributed by atoms with Crippen LogP contribution in [0.2, 0.25) is 0 Å². The van der Waals surface area contributed by atoms with Crippen molar-refractivity contribution in [2.75, 3.05) is 18.4 Å². The number of alkyl halides is 4. The van der Waals surface area contributed by atoms with Gasteiger partial charge in [-0.2, -0.15) is 0 Å². The molecule has 13 heteroatoms. The van der Waals surface area contributed by atoms with Gasteiger partial charge in [-0.15, -0.1) is 11.3 Å². The molecule has 2 fully saturated rings. The van der Waals surface area contributed by atoms with Gasteiger partial charge < -0.3 is 20.6 Å². The van der Waals surface area contributed by atoms with Crippen LogP contribution in [0.4, 0.5) is 23.4 Å². The van der Waals surface area contributed by atoms with Gasteiger partial charge >= 0.3 is 0 Å². The molecule has 3 heterocycles. The highest BCUT2D eigenvalue weighted by atomic mass is 32.1. The van der Waals surface area contributed by atoms with Crippen molar-refractivity contribution in [3.05, 3.63) is 28.5 Å². The largest absolute Gasteiger partial charge is 0.388 e. The van der Waals surface area contributed by atoms with Crippen molar-refractivity contribution in [1.82, 2.24) is 20.2 Å². The van der Waals surface area contributed by atoms with E-state index in [2.05, 4.69) is 20.6 Å². The molecule has 0 bridgehead atoms. The molecule has 0 unspecified atom stereocenters. The molecule has 4 rings (SSSR count). The molecule has 2 aromatic heterocycles. The maximum atomic E-state index is 14.2. The predicted molar refractivity (Wildman–Crippen MR) is 135 cm³/mol. The quantitative estimate of drug-likeness (QED) is 0.385. The van der Waals surface area contributed by atoms with E-state index in [9.17, 15) is 32.3 Å². The number of pyridine rings is 1. The molecule has 2 aliphatic rings. The van der Waals surface area contributed by atoms with Crippen LogP contribution in [0.15, 0.2) is 12.3 Å². The van der Waals surface area contributed by atoms with Crippen molar-refractivity contribution >= 4 is 29.0 Å². The number of aliphatic hydroxyl groups is 1. The van der Waals surface area contributed by atoms with E-state index >= 15 is 0 Å². The number of hydrogen-bond acceptors (Lipinski definition) is 7. The summed E-state index contributed by atoms with van der Waals surface area (Å²) < 4.78 is 56.5. The van der Waals surface area contributed by atoms with E-state index in [1.54, 1.807) is 6.92 Å². The predicted octanol–water partition coefficient (Wildman–Crippen LogP) is 4.72. The molecule has 1 saturated carbocycles. The number of rotatable bonds is 9. The van der Waals surface area contributed by atoms with E-state index in [-0.39, 0.29) is 27.0 Å². The van der Waals surface area contributed by atoms with E-state index in [1.165, 1.54) is 33.0 Å². The van der Waals surface area contributed by atoms with Crippen LogP contribution < -0.4 is 10.6 Å². The Labute approximate surface area is 221 Å². The van der Waals surface area contributed by atoms with Gasteiger partial charge in [0.1, 0.15) is 11.5 Å². The molecule has 1 aliphatic heterocycles. The van der Waals surface area contributed by atoms with Crippen molar-refractivity contribution in [2.45, 2.75) is 77.0 Å². The van der Waals surface area contributed by atoms with Gasteiger partial charge in [0.15, 0.2) is 5.01 Å². The first kappa shape index (κ1) is 28.2. The SMILES string of the molecule is C[C@H](NC(=O)c1nc(C(=O)N2CC(F)(F)C[C@@H]2C)c(-c2cnc(NCC3CC3)cc2C(F)F)s1)C(C)(C)O. The number of nitrogens with one attached hydrogen (secondary N) is 2. The summed E-state index contributed by atoms with van der Waals surface area (Å²) in [6, 6.07) is -0.339. The molecule has 2 atom stereocenters. The first-order valence-corrected chi connectivity index (χ1v) is 13.2. The third kappa shape index (κ3) is 6.25. The highest BCUT2D eigenvalue weighted by molar-refractivity contribution is 7.17. The fourth-order valence-corrected chi connectivity index (χ4v) is 5.10. The van der Waals surface area contributed by atoms with E-state index in [0.717, 1.165) is 17.7 Å². The fraction of sp³-hybridized carbons (Fsp3) is 0.600. The Balaban J connectivity index is 1.75. The number of thiazole rings is 1. The second kappa shape index (κ2) is 10.4. The van der Waals surface area contributed by atoms with Crippen LogP contribution in [0.1, 0.15) is 79.2 Å². The Bertz CT molecular complexity index is 1210. The molecule has 0 aromatic carbocycles. The summed E-state index contributed by atoms with van der Waals surface area (Å²) in [6.07, 6.45) is -0.181. The summed E-state index contributed by atoms with van der Waals surface area (Å²) in [5, 5.41) is 15.6. The maximum Gasteiger partial charge on any atom is 0.280 e. The van der Waals surface area contributed by atoms with E-state index in [4.69, 9.17) is 0 Å². The number of carbonyl (C=O) groups excluding carboxylic acids is 2. The second-order valence-electron chi connectivity index (χ2n) is 10.7. The Hall–Kier alpha value is -2.80. The van der Waals surface area contributed by atoms with Gasteiger partial charge in [-0.25, -0.2) is 27.5 Å². The van der Waals surface area contributed by atoms with Gasteiger partial charge in [0.05, 0.1) is 23.1 Å². The third-order valence-corrected chi connectivity index (χ3v) is 7.99. The van der Waals surface area contributed by atoms with Crippen molar-refractivity contribution in [3.8, 4) is 10.4 Å². The first-order valence-electron chi connectivity index (χ1n) is 12.4. The lowest BCUT2D eigenvalue weighted by atomic mass is 10.0. The number of aromatic nitrogens is 2. The Morgan fingerprint density at radius 2 is 2.00 bits per heavy atom. The summed E-state index contributed by atoms with van der Waals surface area (Å²) >= 11 is 0.694. The summed E-state index contributed by atoms with van der Waals surface area (Å²) in [7, 11) is 0. The molecule has 8 nitrogen and oxygen atoms in total. The smallest absolute Gasteiger partial charge is 0.280 e. The zero-order valence-electron chi connectivity index (χ0n) is 21.5. The summed E-state index contributed by atoms with van der Waals surface area (Å²) in [5.41, 5.74) is -2.18. The molecule has 2 amide bonds. The molecule has 208 valence electrons. The molecular weight excluding hydrogens is 526 g/mol. The third-order valence-electron chi connectivity index (χ3n) is 6.90. The molecular formula is C25H31F4N5O3S. The van der Waals surface area contributed by atoms with Gasteiger partial charge in [0, 0.05) is 36.3 Å². The van der Waals surface area contributed by atoms with Crippen molar-refractivity contribution in [1.29, 1.82) is 0 Å². The average Bonchev–Trinajstić information content (AvgIpc) is 3.47. The van der Waals surface area contributed by atoms with Gasteiger partial charge in [-0.3, -0.25) is 9.59 Å². The first-order chi connectivity index (χ1) is 17.7. The molecule has 0 spiro atoms. The lowest BCUT2D eigenvalue weighted by molar-refractivity contribution is 0.0118. The van der Waals surface area contributed by atoms with Crippen LogP contribution in [0.3, 0.4) is 0 Å². The number of nitrogens with zero attached hydrogens (tertiary/aromatic N) is 3. The van der Waals surface area contributed by atoms with Gasteiger partial charge in [-0.05, 0) is 52.5 Å². The van der Waals surface area contributed by atoms with Gasteiger partial charge in [0.25, 0.3) is 24.2 Å². The van der Waals surface area contributed by atoms with Crippen molar-refractivity contribution < 1.29 is 32.3 Å². The highest BCUT2D eigenvalue weighted by Gasteiger charge is 2.46. The lowest BCUT2D eigenvalue weighted by Gasteiger charge is -2.26. The standard InChI is InChI=1S/C25H31F4N5O3S/c1-12-8-25(28,29)11-34(12)23(36)18-19(38-22(33-18)21(35)32-13(2)24(3,4)37)16-10-31-17(7-15(16)20(26)27)30-9-14-5-6-14/h7,10,12-14,20,37H,5-6,8-9,11H2,1-4H3,(H,30,31)(H,32,35)/t12-,13-/m0/s1. The zero-order valence-corrected chi connectivity index (χ0v) is 22.3. The normalized spacial score (nSPS) is 20.1. The maximum absolute atomic E-state index is 14.2. The lowest BCUT2D eigenvalue weighted by Crippen LogP contribution is -2.47. The molecule has 0 radical (unpaired) electrons. The minimum absolute atomic E-state index is 0.0602. The highest BCUT2D eigenvalue weighted by Crippen LogP contribution is 2.40. The van der Waals surface area contributed by atoms with Crippen LogP contribution in [0.25, 0.3) is 10.4 Å². The minimum Gasteiger partial charge on any atom is -0.388 e. The second-order valence-corrected chi connectivity index (χ2v) is 11.7. The van der Waals surface area contributed by atoms with Gasteiger partial charge in [0.2, 0.25) is 0 Å². The monoisotopic (exact) mass is 557 g/mol. The molecule has 2 aromatic rings. The Morgan fingerprint density at radius 3 is 2.55 bits per heavy atom. The Kier molecular flexibility index (Phi) is 7.72. The van der Waals surface area contributed by atoms with Crippen molar-refractivity contribution in [2.24, 2.45) is 5.92 Å². The molecule has 1 aliphatic carbocycles. The van der Waals surface area contributed by atoms with Crippen LogP contribution in [-0.4, -0.2) is 68.5 Å². The molecule has 1 saturated heterocycles. The van der Waals surface area contributed by atoms with E-state index in [1.807, 2.05) is 0 Å². The van der Waals surface area contributed by atoms with Crippen molar-refractivity contribution in [3.63, 3.8) is 0 Å². The van der Waals surface area contributed by atoms with Crippen LogP contribution in [0.5, 0.6) is 0 Å². The number of amides is 2. The van der Waals surface area contributed by atoms with E-state index in [0.29, 0.717) is 23.8 Å². The number of anilines is 1. The van der Waals surface area contributed by atoms with Crippen LogP contribution in [0, 0.1) is 5.92 Å². The topological polar surface area (TPSA) is 107 Å².